The predicted octanol–water partition coefficient (Wildman–Crippen LogP) is 5.52. The highest BCUT2D eigenvalue weighted by molar-refractivity contribution is 5.58. The molecule has 7 heteroatoms. The molecule has 218 valence electrons. The maximum Gasteiger partial charge on any atom is 0.171 e. The summed E-state index contributed by atoms with van der Waals surface area (Å²) >= 11 is 0. The van der Waals surface area contributed by atoms with Gasteiger partial charge in [-0.25, -0.2) is 0 Å². The second-order valence-corrected chi connectivity index (χ2v) is 10.5. The van der Waals surface area contributed by atoms with Gasteiger partial charge in [0.15, 0.2) is 12.1 Å². The fourth-order valence-electron chi connectivity index (χ4n) is 5.59. The van der Waals surface area contributed by atoms with E-state index >= 15 is 0 Å². The minimum Gasteiger partial charge on any atom is -0.497 e. The molecule has 1 heterocycles. The maximum absolute atomic E-state index is 12.1. The van der Waals surface area contributed by atoms with Crippen molar-refractivity contribution in [2.24, 2.45) is 5.92 Å². The van der Waals surface area contributed by atoms with Gasteiger partial charge in [-0.2, -0.15) is 0 Å². The van der Waals surface area contributed by atoms with Crippen LogP contribution >= 0.6 is 0 Å². The van der Waals surface area contributed by atoms with Crippen LogP contribution in [-0.2, 0) is 31.2 Å². The topological polar surface area (TPSA) is 83.5 Å². The molecule has 0 aromatic heterocycles. The van der Waals surface area contributed by atoms with Gasteiger partial charge < -0.3 is 33.6 Å². The second kappa shape index (κ2) is 12.9. The lowest BCUT2D eigenvalue weighted by atomic mass is 9.79. The predicted molar refractivity (Wildman–Crippen MR) is 158 cm³/mol. The Kier molecular flexibility index (Phi) is 9.04. The molecular formula is C35H36O7. The first-order valence-corrected chi connectivity index (χ1v) is 13.9. The van der Waals surface area contributed by atoms with Crippen molar-refractivity contribution in [1.29, 1.82) is 0 Å². The number of aldehydes is 1. The standard InChI is InChI=1S/C35H36O7/c1-34(37)31(33(32(22-36)42-34)40-23-25-10-6-4-7-11-25)24-41-35(26-12-8-5-9-13-26,27-14-18-29(38-2)19-15-27)28-16-20-30(39-3)21-17-28/h4-22,31-33,37H,23-24H2,1-3H3/t31-,32+,33-,34-/m0/s1. The van der Waals surface area contributed by atoms with Gasteiger partial charge in [-0.3, -0.25) is 0 Å². The number of benzene rings is 4. The first kappa shape index (κ1) is 29.5. The molecule has 1 aliphatic heterocycles. The van der Waals surface area contributed by atoms with Crippen molar-refractivity contribution in [2.75, 3.05) is 20.8 Å². The Morgan fingerprint density at radius 2 is 1.29 bits per heavy atom. The highest BCUT2D eigenvalue weighted by Gasteiger charge is 2.53. The lowest BCUT2D eigenvalue weighted by Crippen LogP contribution is -2.43. The van der Waals surface area contributed by atoms with Crippen molar-refractivity contribution in [2.45, 2.75) is 37.1 Å². The van der Waals surface area contributed by atoms with E-state index in [4.69, 9.17) is 23.7 Å². The Morgan fingerprint density at radius 1 is 0.786 bits per heavy atom. The number of rotatable bonds is 12. The maximum atomic E-state index is 12.1. The summed E-state index contributed by atoms with van der Waals surface area (Å²) in [6.07, 6.45) is -1.01. The van der Waals surface area contributed by atoms with Crippen LogP contribution in [0.1, 0.15) is 29.2 Å². The summed E-state index contributed by atoms with van der Waals surface area (Å²) in [4.78, 5) is 12.1. The van der Waals surface area contributed by atoms with E-state index in [0.29, 0.717) is 17.8 Å². The van der Waals surface area contributed by atoms with E-state index in [1.165, 1.54) is 0 Å². The Bertz CT molecular complexity index is 1370. The van der Waals surface area contributed by atoms with Gasteiger partial charge in [0, 0.05) is 0 Å². The summed E-state index contributed by atoms with van der Waals surface area (Å²) in [6, 6.07) is 35.0. The third-order valence-electron chi connectivity index (χ3n) is 7.86. The number of ether oxygens (including phenoxy) is 5. The number of aliphatic hydroxyl groups is 1. The molecule has 5 rings (SSSR count). The molecule has 7 nitrogen and oxygen atoms in total. The molecule has 0 spiro atoms. The molecule has 0 amide bonds. The Hall–Kier alpha value is -4.01. The zero-order valence-corrected chi connectivity index (χ0v) is 24.0. The van der Waals surface area contributed by atoms with Crippen molar-refractivity contribution in [3.8, 4) is 11.5 Å². The first-order chi connectivity index (χ1) is 20.4. The van der Waals surface area contributed by atoms with Crippen LogP contribution in [0.4, 0.5) is 0 Å². The normalized spacial score (nSPS) is 22.0. The van der Waals surface area contributed by atoms with Crippen LogP contribution < -0.4 is 9.47 Å². The molecule has 4 aromatic rings. The number of carbonyl (C=O) groups is 1. The number of methoxy groups -OCH3 is 2. The fraction of sp³-hybridized carbons (Fsp3) is 0.286. The largest absolute Gasteiger partial charge is 0.497 e. The Balaban J connectivity index is 1.57. The molecule has 4 aromatic carbocycles. The van der Waals surface area contributed by atoms with Crippen LogP contribution in [0, 0.1) is 5.92 Å². The first-order valence-electron chi connectivity index (χ1n) is 13.9. The quantitative estimate of drug-likeness (QED) is 0.178. The monoisotopic (exact) mass is 568 g/mol. The molecular weight excluding hydrogens is 532 g/mol. The molecule has 0 saturated carbocycles. The van der Waals surface area contributed by atoms with Crippen LogP contribution in [0.5, 0.6) is 11.5 Å². The fourth-order valence-corrected chi connectivity index (χ4v) is 5.59. The van der Waals surface area contributed by atoms with E-state index in [1.54, 1.807) is 21.1 Å². The molecule has 1 aliphatic rings. The van der Waals surface area contributed by atoms with Gasteiger partial charge in [-0.05, 0) is 53.4 Å². The van der Waals surface area contributed by atoms with E-state index in [1.807, 2.05) is 109 Å². The third kappa shape index (κ3) is 5.96. The van der Waals surface area contributed by atoms with Gasteiger partial charge in [-0.15, -0.1) is 0 Å². The Labute approximate surface area is 246 Å². The average Bonchev–Trinajstić information content (AvgIpc) is 3.30. The van der Waals surface area contributed by atoms with Crippen molar-refractivity contribution in [1.82, 2.24) is 0 Å². The van der Waals surface area contributed by atoms with Crippen LogP contribution in [0.2, 0.25) is 0 Å². The van der Waals surface area contributed by atoms with Crippen molar-refractivity contribution in [3.05, 3.63) is 131 Å². The number of hydrogen-bond acceptors (Lipinski definition) is 7. The van der Waals surface area contributed by atoms with E-state index in [0.717, 1.165) is 22.3 Å². The lowest BCUT2D eigenvalue weighted by Gasteiger charge is -2.38. The molecule has 0 unspecified atom stereocenters. The summed E-state index contributed by atoms with van der Waals surface area (Å²) in [6.45, 7) is 1.82. The molecule has 1 saturated heterocycles. The van der Waals surface area contributed by atoms with E-state index in [2.05, 4.69) is 0 Å². The molecule has 4 atom stereocenters. The van der Waals surface area contributed by atoms with Crippen LogP contribution in [0.25, 0.3) is 0 Å². The van der Waals surface area contributed by atoms with E-state index in [9.17, 15) is 9.90 Å². The smallest absolute Gasteiger partial charge is 0.171 e. The van der Waals surface area contributed by atoms with Gasteiger partial charge in [0.2, 0.25) is 0 Å². The SMILES string of the molecule is COc1ccc(C(OC[C@H]2[C@H](OCc3ccccc3)[C@@H](C=O)O[C@]2(C)O)(c2ccccc2)c2ccc(OC)cc2)cc1. The molecule has 1 N–H and O–H groups in total. The van der Waals surface area contributed by atoms with Crippen molar-refractivity contribution >= 4 is 6.29 Å². The minimum atomic E-state index is -1.67. The van der Waals surface area contributed by atoms with Gasteiger partial charge in [0.05, 0.1) is 33.4 Å². The average molecular weight is 569 g/mol. The van der Waals surface area contributed by atoms with E-state index in [-0.39, 0.29) is 13.2 Å². The van der Waals surface area contributed by atoms with Crippen LogP contribution in [0.15, 0.2) is 109 Å². The van der Waals surface area contributed by atoms with Gasteiger partial charge in [0.1, 0.15) is 29.3 Å². The minimum absolute atomic E-state index is 0.0176. The summed E-state index contributed by atoms with van der Waals surface area (Å²) in [5, 5.41) is 11.4. The Morgan fingerprint density at radius 3 is 1.79 bits per heavy atom. The molecule has 0 radical (unpaired) electrons. The molecule has 42 heavy (non-hydrogen) atoms. The van der Waals surface area contributed by atoms with Gasteiger partial charge >= 0.3 is 0 Å². The molecule has 1 fully saturated rings. The van der Waals surface area contributed by atoms with E-state index < -0.39 is 29.5 Å². The highest BCUT2D eigenvalue weighted by atomic mass is 16.7. The summed E-state index contributed by atoms with van der Waals surface area (Å²) in [7, 11) is 3.25. The van der Waals surface area contributed by atoms with Gasteiger partial charge in [-0.1, -0.05) is 84.9 Å². The van der Waals surface area contributed by atoms with Gasteiger partial charge in [0.25, 0.3) is 0 Å². The molecule has 0 bridgehead atoms. The van der Waals surface area contributed by atoms with Crippen molar-refractivity contribution in [3.63, 3.8) is 0 Å². The summed E-state index contributed by atoms with van der Waals surface area (Å²) in [5.74, 6) is -0.928. The summed E-state index contributed by atoms with van der Waals surface area (Å²) in [5.41, 5.74) is 2.44. The second-order valence-electron chi connectivity index (χ2n) is 10.5. The summed E-state index contributed by atoms with van der Waals surface area (Å²) < 4.78 is 29.9. The number of carbonyl (C=O) groups excluding carboxylic acids is 1. The third-order valence-corrected chi connectivity index (χ3v) is 7.86. The zero-order valence-electron chi connectivity index (χ0n) is 24.0. The highest BCUT2D eigenvalue weighted by Crippen LogP contribution is 2.44. The van der Waals surface area contributed by atoms with Crippen LogP contribution in [-0.4, -0.2) is 50.2 Å². The number of hydrogen-bond donors (Lipinski definition) is 1. The zero-order chi connectivity index (χ0) is 29.6. The van der Waals surface area contributed by atoms with Crippen LogP contribution in [0.3, 0.4) is 0 Å². The lowest BCUT2D eigenvalue weighted by molar-refractivity contribution is -0.207. The van der Waals surface area contributed by atoms with Crippen molar-refractivity contribution < 1.29 is 33.6 Å². The molecule has 0 aliphatic carbocycles.